The Morgan fingerprint density at radius 1 is 1.12 bits per heavy atom. The molecule has 1 aliphatic heterocycles. The Bertz CT molecular complexity index is 756. The van der Waals surface area contributed by atoms with Crippen LogP contribution in [0, 0.1) is 0 Å². The fourth-order valence-electron chi connectivity index (χ4n) is 4.24. The van der Waals surface area contributed by atoms with Crippen molar-refractivity contribution in [1.29, 1.82) is 0 Å². The van der Waals surface area contributed by atoms with E-state index in [1.165, 1.54) is 0 Å². The molecular formula is C20H29N5O. The third-order valence-electron chi connectivity index (χ3n) is 5.84. The topological polar surface area (TPSA) is 57.4 Å². The molecule has 0 spiro atoms. The first kappa shape index (κ1) is 17.5. The van der Waals surface area contributed by atoms with Crippen LogP contribution in [0.1, 0.15) is 38.4 Å². The molecule has 1 saturated heterocycles. The quantitative estimate of drug-likeness (QED) is 0.895. The van der Waals surface area contributed by atoms with Crippen molar-refractivity contribution >= 4 is 0 Å². The van der Waals surface area contributed by atoms with Crippen LogP contribution < -0.4 is 0 Å². The van der Waals surface area contributed by atoms with Crippen molar-refractivity contribution in [3.8, 4) is 11.7 Å². The van der Waals surface area contributed by atoms with Crippen LogP contribution in [0.15, 0.2) is 24.4 Å². The Morgan fingerprint density at radius 2 is 1.88 bits per heavy atom. The molecule has 26 heavy (non-hydrogen) atoms. The monoisotopic (exact) mass is 355 g/mol. The van der Waals surface area contributed by atoms with Crippen LogP contribution in [-0.2, 0) is 12.8 Å². The second kappa shape index (κ2) is 6.67. The lowest BCUT2D eigenvalue weighted by molar-refractivity contribution is 0.0387. The van der Waals surface area contributed by atoms with Gasteiger partial charge >= 0.3 is 0 Å². The molecular weight excluding hydrogens is 326 g/mol. The third-order valence-corrected chi connectivity index (χ3v) is 5.84. The summed E-state index contributed by atoms with van der Waals surface area (Å²) < 4.78 is 1.59. The van der Waals surface area contributed by atoms with E-state index in [0.717, 1.165) is 56.7 Å². The summed E-state index contributed by atoms with van der Waals surface area (Å²) in [6.07, 6.45) is 4.64. The van der Waals surface area contributed by atoms with Crippen molar-refractivity contribution in [3.05, 3.63) is 35.7 Å². The second-order valence-electron chi connectivity index (χ2n) is 8.44. The largest absolute Gasteiger partial charge is 0.493 e. The molecule has 1 N–H and O–H groups in total. The fraction of sp³-hybridized carbons (Fsp3) is 0.600. The first-order valence-corrected chi connectivity index (χ1v) is 9.64. The highest BCUT2D eigenvalue weighted by atomic mass is 16.3. The van der Waals surface area contributed by atoms with Crippen LogP contribution in [-0.4, -0.2) is 67.4 Å². The molecule has 2 aromatic rings. The van der Waals surface area contributed by atoms with Gasteiger partial charge in [-0.1, -0.05) is 6.07 Å². The molecule has 6 heteroatoms. The van der Waals surface area contributed by atoms with Gasteiger partial charge in [0.2, 0.25) is 5.88 Å². The number of nitrogens with zero attached hydrogens (tertiary/aromatic N) is 5. The summed E-state index contributed by atoms with van der Waals surface area (Å²) in [7, 11) is 0. The first-order chi connectivity index (χ1) is 12.4. The molecule has 3 heterocycles. The van der Waals surface area contributed by atoms with Gasteiger partial charge in [0.05, 0.1) is 5.69 Å². The maximum Gasteiger partial charge on any atom is 0.219 e. The van der Waals surface area contributed by atoms with Crippen molar-refractivity contribution in [1.82, 2.24) is 24.6 Å². The second-order valence-corrected chi connectivity index (χ2v) is 8.44. The minimum absolute atomic E-state index is 0.244. The zero-order chi connectivity index (χ0) is 18.3. The third kappa shape index (κ3) is 3.23. The molecule has 1 atom stereocenters. The zero-order valence-electron chi connectivity index (χ0n) is 16.0. The number of rotatable bonds is 2. The van der Waals surface area contributed by atoms with E-state index in [0.29, 0.717) is 11.9 Å². The van der Waals surface area contributed by atoms with E-state index in [9.17, 15) is 5.11 Å². The molecule has 2 aromatic heterocycles. The van der Waals surface area contributed by atoms with E-state index in [-0.39, 0.29) is 11.4 Å². The molecule has 2 aliphatic rings. The molecule has 0 radical (unpaired) electrons. The molecule has 1 unspecified atom stereocenters. The Balaban J connectivity index is 1.48. The number of pyridine rings is 1. The standard InChI is InChI=1S/C20H29N5O/c1-20(2,3)24-12-10-23(11-13-24)15-7-8-17-16(14-15)19(26)25(22-17)18-6-4-5-9-21-18/h4-6,9,15,26H,7-8,10-14H2,1-3H3. The van der Waals surface area contributed by atoms with Crippen molar-refractivity contribution < 1.29 is 5.11 Å². The van der Waals surface area contributed by atoms with E-state index in [1.54, 1.807) is 10.9 Å². The fourth-order valence-corrected chi connectivity index (χ4v) is 4.24. The highest BCUT2D eigenvalue weighted by molar-refractivity contribution is 5.39. The minimum Gasteiger partial charge on any atom is -0.493 e. The SMILES string of the molecule is CC(C)(C)N1CCN(C2CCc3nn(-c4ccccn4)c(O)c3C2)CC1. The number of aromatic nitrogens is 3. The summed E-state index contributed by atoms with van der Waals surface area (Å²) >= 11 is 0. The molecule has 6 nitrogen and oxygen atoms in total. The van der Waals surface area contributed by atoms with E-state index in [2.05, 4.69) is 40.7 Å². The van der Waals surface area contributed by atoms with E-state index in [4.69, 9.17) is 0 Å². The zero-order valence-corrected chi connectivity index (χ0v) is 16.0. The molecule has 140 valence electrons. The number of aromatic hydroxyl groups is 1. The predicted molar refractivity (Wildman–Crippen MR) is 102 cm³/mol. The van der Waals surface area contributed by atoms with Gasteiger partial charge in [0.1, 0.15) is 0 Å². The summed E-state index contributed by atoms with van der Waals surface area (Å²) in [5, 5.41) is 15.3. The van der Waals surface area contributed by atoms with Gasteiger partial charge in [0, 0.05) is 49.5 Å². The van der Waals surface area contributed by atoms with Crippen molar-refractivity contribution in [2.45, 2.75) is 51.6 Å². The molecule has 0 amide bonds. The average Bonchev–Trinajstić information content (AvgIpc) is 2.98. The van der Waals surface area contributed by atoms with Gasteiger partial charge in [0.25, 0.3) is 0 Å². The highest BCUT2D eigenvalue weighted by Crippen LogP contribution is 2.32. The van der Waals surface area contributed by atoms with Gasteiger partial charge in [-0.15, -0.1) is 0 Å². The highest BCUT2D eigenvalue weighted by Gasteiger charge is 2.33. The summed E-state index contributed by atoms with van der Waals surface area (Å²) in [5.74, 6) is 0.937. The van der Waals surface area contributed by atoms with Crippen LogP contribution >= 0.6 is 0 Å². The van der Waals surface area contributed by atoms with E-state index < -0.39 is 0 Å². The normalized spacial score (nSPS) is 22.3. The van der Waals surface area contributed by atoms with Crippen molar-refractivity contribution in [2.75, 3.05) is 26.2 Å². The first-order valence-electron chi connectivity index (χ1n) is 9.64. The molecule has 4 rings (SSSR count). The maximum absolute atomic E-state index is 10.7. The van der Waals surface area contributed by atoms with Gasteiger partial charge in [-0.05, 0) is 52.2 Å². The average molecular weight is 355 g/mol. The molecule has 0 aromatic carbocycles. The Labute approximate surface area is 155 Å². The van der Waals surface area contributed by atoms with Crippen LogP contribution in [0.5, 0.6) is 5.88 Å². The summed E-state index contributed by atoms with van der Waals surface area (Å²) in [6.45, 7) is 11.3. The van der Waals surface area contributed by atoms with Crippen molar-refractivity contribution in [2.24, 2.45) is 0 Å². The van der Waals surface area contributed by atoms with Gasteiger partial charge in [-0.2, -0.15) is 9.78 Å². The lowest BCUT2D eigenvalue weighted by Crippen LogP contribution is -2.56. The summed E-state index contributed by atoms with van der Waals surface area (Å²) in [4.78, 5) is 9.48. The lowest BCUT2D eigenvalue weighted by atomic mass is 9.91. The maximum atomic E-state index is 10.7. The number of hydrogen-bond donors (Lipinski definition) is 1. The van der Waals surface area contributed by atoms with Gasteiger partial charge in [0.15, 0.2) is 5.82 Å². The molecule has 0 saturated carbocycles. The Hall–Kier alpha value is -1.92. The lowest BCUT2D eigenvalue weighted by Gasteiger charge is -2.45. The Kier molecular flexibility index (Phi) is 4.49. The van der Waals surface area contributed by atoms with E-state index in [1.807, 2.05) is 18.2 Å². The Morgan fingerprint density at radius 3 is 2.54 bits per heavy atom. The minimum atomic E-state index is 0.244. The van der Waals surface area contributed by atoms with Gasteiger partial charge in [-0.25, -0.2) is 4.98 Å². The van der Waals surface area contributed by atoms with Crippen LogP contribution in [0.4, 0.5) is 0 Å². The predicted octanol–water partition coefficient (Wildman–Crippen LogP) is 2.25. The molecule has 1 fully saturated rings. The molecule has 0 bridgehead atoms. The molecule has 1 aliphatic carbocycles. The number of fused-ring (bicyclic) bond motifs is 1. The van der Waals surface area contributed by atoms with Gasteiger partial charge in [-0.3, -0.25) is 9.80 Å². The number of hydrogen-bond acceptors (Lipinski definition) is 5. The van der Waals surface area contributed by atoms with Crippen molar-refractivity contribution in [3.63, 3.8) is 0 Å². The summed E-state index contributed by atoms with van der Waals surface area (Å²) in [6, 6.07) is 6.16. The van der Waals surface area contributed by atoms with Crippen LogP contribution in [0.2, 0.25) is 0 Å². The smallest absolute Gasteiger partial charge is 0.219 e. The number of piperazine rings is 1. The van der Waals surface area contributed by atoms with E-state index >= 15 is 0 Å². The van der Waals surface area contributed by atoms with Crippen LogP contribution in [0.25, 0.3) is 5.82 Å². The summed E-state index contributed by atoms with van der Waals surface area (Å²) in [5.41, 5.74) is 2.27. The van der Waals surface area contributed by atoms with Gasteiger partial charge < -0.3 is 5.11 Å². The number of aryl methyl sites for hydroxylation is 1. The van der Waals surface area contributed by atoms with Crippen LogP contribution in [0.3, 0.4) is 0 Å².